The van der Waals surface area contributed by atoms with E-state index >= 15 is 0 Å². The van der Waals surface area contributed by atoms with Crippen molar-refractivity contribution in [3.8, 4) is 0 Å². The van der Waals surface area contributed by atoms with Gasteiger partial charge in [-0.3, -0.25) is 0 Å². The molecule has 0 fully saturated rings. The number of aromatic nitrogens is 2. The molecule has 21 heavy (non-hydrogen) atoms. The minimum atomic E-state index is -3.60. The van der Waals surface area contributed by atoms with Crippen LogP contribution >= 0.6 is 0 Å². The number of fused-ring (bicyclic) bond motifs is 1. The van der Waals surface area contributed by atoms with Crippen molar-refractivity contribution in [3.05, 3.63) is 34.9 Å². The normalized spacial score (nSPS) is 11.9. The van der Waals surface area contributed by atoms with Crippen molar-refractivity contribution in [1.29, 1.82) is 0 Å². The number of methoxy groups -OCH3 is 1. The summed E-state index contributed by atoms with van der Waals surface area (Å²) in [6.45, 7) is 0.334. The van der Waals surface area contributed by atoms with Gasteiger partial charge in [-0.15, -0.1) is 0 Å². The lowest BCUT2D eigenvalue weighted by Crippen LogP contribution is -2.25. The van der Waals surface area contributed by atoms with Crippen molar-refractivity contribution in [1.82, 2.24) is 9.97 Å². The second kappa shape index (κ2) is 5.28. The van der Waals surface area contributed by atoms with E-state index in [9.17, 15) is 18.0 Å². The van der Waals surface area contributed by atoms with E-state index in [1.807, 2.05) is 0 Å². The van der Waals surface area contributed by atoms with Crippen LogP contribution in [0.2, 0.25) is 0 Å². The molecule has 0 saturated heterocycles. The molecule has 2 rings (SSSR count). The van der Waals surface area contributed by atoms with Crippen LogP contribution < -0.4 is 0 Å². The van der Waals surface area contributed by atoms with Crippen molar-refractivity contribution >= 4 is 17.0 Å². The molecule has 0 amide bonds. The summed E-state index contributed by atoms with van der Waals surface area (Å²) >= 11 is 0. The van der Waals surface area contributed by atoms with Gasteiger partial charge in [0.15, 0.2) is 5.65 Å². The van der Waals surface area contributed by atoms with Crippen molar-refractivity contribution in [2.24, 2.45) is 0 Å². The lowest BCUT2D eigenvalue weighted by molar-refractivity contribution is -0.0735. The Kier molecular flexibility index (Phi) is 3.82. The highest BCUT2D eigenvalue weighted by atomic mass is 19.3. The summed E-state index contributed by atoms with van der Waals surface area (Å²) in [5.41, 5.74) is -1.83. The van der Waals surface area contributed by atoms with Crippen LogP contribution in [0.4, 0.5) is 13.2 Å². The van der Waals surface area contributed by atoms with Crippen molar-refractivity contribution in [2.45, 2.75) is 12.8 Å². The molecule has 0 bridgehead atoms. The van der Waals surface area contributed by atoms with Crippen LogP contribution in [0.1, 0.15) is 21.7 Å². The molecule has 0 spiro atoms. The molecular weight excluding hydrogens is 289 g/mol. The smallest absolute Gasteiger partial charge is 0.337 e. The van der Waals surface area contributed by atoms with E-state index in [0.717, 1.165) is 19.2 Å². The summed E-state index contributed by atoms with van der Waals surface area (Å²) in [6, 6.07) is 1.94. The Balaban J connectivity index is 2.76. The SMILES string of the molecule is COCC(F)(F)c1nc2nc(C)c(F)cc2cc1C(=O)O. The second-order valence-corrected chi connectivity index (χ2v) is 4.43. The van der Waals surface area contributed by atoms with Gasteiger partial charge < -0.3 is 9.84 Å². The summed E-state index contributed by atoms with van der Waals surface area (Å²) in [6.07, 6.45) is 0. The molecule has 0 saturated carbocycles. The van der Waals surface area contributed by atoms with Crippen LogP contribution in [-0.4, -0.2) is 34.8 Å². The van der Waals surface area contributed by atoms with E-state index in [1.165, 1.54) is 6.92 Å². The maximum Gasteiger partial charge on any atom is 0.337 e. The molecule has 0 unspecified atom stereocenters. The number of carboxylic acids is 1. The molecule has 0 atom stereocenters. The van der Waals surface area contributed by atoms with Gasteiger partial charge in [-0.1, -0.05) is 0 Å². The van der Waals surface area contributed by atoms with Gasteiger partial charge >= 0.3 is 11.9 Å². The quantitative estimate of drug-likeness (QED) is 0.939. The molecule has 8 heteroatoms. The topological polar surface area (TPSA) is 72.3 Å². The number of alkyl halides is 2. The number of halogens is 3. The van der Waals surface area contributed by atoms with E-state index in [1.54, 1.807) is 0 Å². The van der Waals surface area contributed by atoms with Crippen molar-refractivity contribution < 1.29 is 27.8 Å². The molecule has 0 aliphatic carbocycles. The monoisotopic (exact) mass is 300 g/mol. The predicted octanol–water partition coefficient (Wildman–Crippen LogP) is 2.51. The molecule has 5 nitrogen and oxygen atoms in total. The van der Waals surface area contributed by atoms with E-state index < -0.39 is 35.6 Å². The molecule has 0 aromatic carbocycles. The van der Waals surface area contributed by atoms with Gasteiger partial charge in [-0.25, -0.2) is 19.2 Å². The fraction of sp³-hybridized carbons (Fsp3) is 0.308. The third-order valence-corrected chi connectivity index (χ3v) is 2.83. The second-order valence-electron chi connectivity index (χ2n) is 4.43. The Bertz CT molecular complexity index is 719. The number of carboxylic acid groups (broad SMARTS) is 1. The molecule has 1 N–H and O–H groups in total. The minimum absolute atomic E-state index is 0.0147. The largest absolute Gasteiger partial charge is 0.478 e. The summed E-state index contributed by atoms with van der Waals surface area (Å²) in [5, 5.41) is 9.09. The van der Waals surface area contributed by atoms with Crippen LogP contribution in [0.5, 0.6) is 0 Å². The molecule has 112 valence electrons. The maximum absolute atomic E-state index is 13.9. The number of rotatable bonds is 4. The van der Waals surface area contributed by atoms with E-state index in [2.05, 4.69) is 14.7 Å². The molecule has 0 aliphatic rings. The van der Waals surface area contributed by atoms with Gasteiger partial charge in [0.05, 0.1) is 11.3 Å². The average molecular weight is 300 g/mol. The van der Waals surface area contributed by atoms with Crippen LogP contribution in [0, 0.1) is 12.7 Å². The number of hydrogen-bond donors (Lipinski definition) is 1. The Morgan fingerprint density at radius 1 is 1.38 bits per heavy atom. The van der Waals surface area contributed by atoms with E-state index in [-0.39, 0.29) is 16.7 Å². The fourth-order valence-corrected chi connectivity index (χ4v) is 1.86. The number of aromatic carboxylic acids is 1. The van der Waals surface area contributed by atoms with Crippen LogP contribution in [0.15, 0.2) is 12.1 Å². The van der Waals surface area contributed by atoms with Gasteiger partial charge in [0.1, 0.15) is 18.1 Å². The maximum atomic E-state index is 13.9. The van der Waals surface area contributed by atoms with Crippen LogP contribution in [0.25, 0.3) is 11.0 Å². The highest BCUT2D eigenvalue weighted by Crippen LogP contribution is 2.31. The third kappa shape index (κ3) is 2.80. The Labute approximate surface area is 117 Å². The van der Waals surface area contributed by atoms with Gasteiger partial charge in [-0.05, 0) is 19.1 Å². The first-order chi connectivity index (χ1) is 9.76. The van der Waals surface area contributed by atoms with Gasteiger partial charge in [0, 0.05) is 12.5 Å². The zero-order valence-electron chi connectivity index (χ0n) is 11.2. The molecule has 2 heterocycles. The van der Waals surface area contributed by atoms with Crippen LogP contribution in [-0.2, 0) is 10.7 Å². The zero-order valence-corrected chi connectivity index (χ0v) is 11.2. The number of pyridine rings is 2. The number of carbonyl (C=O) groups is 1. The minimum Gasteiger partial charge on any atom is -0.478 e. The fourth-order valence-electron chi connectivity index (χ4n) is 1.86. The standard InChI is InChI=1S/C13H11F3N2O3/c1-6-9(14)4-7-3-8(12(19)20)10(18-11(7)17-6)13(15,16)5-21-2/h3-4H,5H2,1-2H3,(H,19,20). The summed E-state index contributed by atoms with van der Waals surface area (Å²) in [7, 11) is 1.06. The van der Waals surface area contributed by atoms with Gasteiger partial charge in [0.2, 0.25) is 0 Å². The van der Waals surface area contributed by atoms with Gasteiger partial charge in [0.25, 0.3) is 0 Å². The molecule has 2 aromatic rings. The predicted molar refractivity (Wildman–Crippen MR) is 67.0 cm³/mol. The lowest BCUT2D eigenvalue weighted by atomic mass is 10.1. The number of aryl methyl sites for hydroxylation is 1. The van der Waals surface area contributed by atoms with E-state index in [0.29, 0.717) is 0 Å². The summed E-state index contributed by atoms with van der Waals surface area (Å²) in [5.74, 6) is -5.85. The molecule has 0 aliphatic heterocycles. The molecule has 0 radical (unpaired) electrons. The number of hydrogen-bond acceptors (Lipinski definition) is 4. The summed E-state index contributed by atoms with van der Waals surface area (Å²) in [4.78, 5) is 18.5. The van der Waals surface area contributed by atoms with E-state index in [4.69, 9.17) is 5.11 Å². The number of nitrogens with zero attached hydrogens (tertiary/aromatic N) is 2. The average Bonchev–Trinajstić information content (AvgIpc) is 2.38. The Morgan fingerprint density at radius 2 is 2.05 bits per heavy atom. The number of ether oxygens (including phenoxy) is 1. The highest BCUT2D eigenvalue weighted by Gasteiger charge is 2.38. The first-order valence-electron chi connectivity index (χ1n) is 5.84. The van der Waals surface area contributed by atoms with Crippen molar-refractivity contribution in [2.75, 3.05) is 13.7 Å². The summed E-state index contributed by atoms with van der Waals surface area (Å²) < 4.78 is 45.7. The van der Waals surface area contributed by atoms with Crippen LogP contribution in [0.3, 0.4) is 0 Å². The first-order valence-corrected chi connectivity index (χ1v) is 5.84. The molecule has 2 aromatic heterocycles. The third-order valence-electron chi connectivity index (χ3n) is 2.83. The Hall–Kier alpha value is -2.22. The lowest BCUT2D eigenvalue weighted by Gasteiger charge is -2.17. The first kappa shape index (κ1) is 15.2. The molecular formula is C13H11F3N2O3. The van der Waals surface area contributed by atoms with Gasteiger partial charge in [-0.2, -0.15) is 8.78 Å². The van der Waals surface area contributed by atoms with Crippen molar-refractivity contribution in [3.63, 3.8) is 0 Å². The highest BCUT2D eigenvalue weighted by molar-refractivity contribution is 5.93. The Morgan fingerprint density at radius 3 is 2.62 bits per heavy atom. The zero-order chi connectivity index (χ0) is 15.8.